The van der Waals surface area contributed by atoms with Gasteiger partial charge in [0.2, 0.25) is 0 Å². The summed E-state index contributed by atoms with van der Waals surface area (Å²) in [6, 6.07) is 7.99. The van der Waals surface area contributed by atoms with Gasteiger partial charge < -0.3 is 5.11 Å². The van der Waals surface area contributed by atoms with Gasteiger partial charge in [0.25, 0.3) is 10.2 Å². The minimum atomic E-state index is -3.48. The zero-order valence-electron chi connectivity index (χ0n) is 12.3. The lowest BCUT2D eigenvalue weighted by molar-refractivity contribution is 0.0579. The Morgan fingerprint density at radius 3 is 2.57 bits per heavy atom. The van der Waals surface area contributed by atoms with E-state index in [9.17, 15) is 13.5 Å². The molecule has 0 spiro atoms. The van der Waals surface area contributed by atoms with Gasteiger partial charge in [-0.1, -0.05) is 31.2 Å². The highest BCUT2D eigenvalue weighted by molar-refractivity contribution is 7.86. The SMILES string of the molecule is CC1CCN(S(=O)(=O)N2CCc3ccccc3C2)CC1O. The zero-order chi connectivity index (χ0) is 15.0. The van der Waals surface area contributed by atoms with Crippen LogP contribution in [0.4, 0.5) is 0 Å². The van der Waals surface area contributed by atoms with Gasteiger partial charge in [0, 0.05) is 26.2 Å². The van der Waals surface area contributed by atoms with Crippen molar-refractivity contribution in [2.75, 3.05) is 19.6 Å². The van der Waals surface area contributed by atoms with Crippen molar-refractivity contribution >= 4 is 10.2 Å². The van der Waals surface area contributed by atoms with E-state index in [1.54, 1.807) is 0 Å². The molecule has 0 aromatic heterocycles. The molecule has 2 aliphatic rings. The number of nitrogens with zero attached hydrogens (tertiary/aromatic N) is 2. The van der Waals surface area contributed by atoms with Crippen LogP contribution in [-0.4, -0.2) is 47.9 Å². The fourth-order valence-electron chi connectivity index (χ4n) is 3.06. The minimum absolute atomic E-state index is 0.165. The smallest absolute Gasteiger partial charge is 0.282 e. The number of aliphatic hydroxyl groups excluding tert-OH is 1. The molecule has 116 valence electrons. The molecule has 0 bridgehead atoms. The first-order chi connectivity index (χ1) is 9.98. The maximum atomic E-state index is 12.7. The lowest BCUT2D eigenvalue weighted by Crippen LogP contribution is -2.52. The summed E-state index contributed by atoms with van der Waals surface area (Å²) in [7, 11) is -3.48. The number of benzene rings is 1. The third kappa shape index (κ3) is 2.85. The van der Waals surface area contributed by atoms with E-state index in [1.807, 2.05) is 25.1 Å². The minimum Gasteiger partial charge on any atom is -0.391 e. The summed E-state index contributed by atoms with van der Waals surface area (Å²) in [5.74, 6) is 0.165. The molecule has 1 saturated heterocycles. The van der Waals surface area contributed by atoms with Crippen LogP contribution in [0.25, 0.3) is 0 Å². The molecule has 21 heavy (non-hydrogen) atoms. The van der Waals surface area contributed by atoms with Crippen molar-refractivity contribution in [1.29, 1.82) is 0 Å². The molecule has 1 N–H and O–H groups in total. The van der Waals surface area contributed by atoms with E-state index in [0.717, 1.165) is 12.0 Å². The van der Waals surface area contributed by atoms with E-state index in [0.29, 0.717) is 26.1 Å². The van der Waals surface area contributed by atoms with Gasteiger partial charge in [0.1, 0.15) is 0 Å². The van der Waals surface area contributed by atoms with Crippen LogP contribution >= 0.6 is 0 Å². The molecule has 2 aliphatic heterocycles. The second-order valence-electron chi connectivity index (χ2n) is 6.05. The molecule has 6 heteroatoms. The second-order valence-corrected chi connectivity index (χ2v) is 7.98. The van der Waals surface area contributed by atoms with E-state index < -0.39 is 16.3 Å². The number of aliphatic hydroxyl groups is 1. The Kier molecular flexibility index (Phi) is 4.05. The van der Waals surface area contributed by atoms with Gasteiger partial charge in [-0.15, -0.1) is 0 Å². The van der Waals surface area contributed by atoms with Crippen LogP contribution in [0.15, 0.2) is 24.3 Å². The third-order valence-electron chi connectivity index (χ3n) is 4.63. The van der Waals surface area contributed by atoms with Crippen molar-refractivity contribution in [3.8, 4) is 0 Å². The molecule has 2 heterocycles. The second kappa shape index (κ2) is 5.68. The van der Waals surface area contributed by atoms with Crippen molar-refractivity contribution < 1.29 is 13.5 Å². The molecule has 2 atom stereocenters. The van der Waals surface area contributed by atoms with Crippen LogP contribution in [0.3, 0.4) is 0 Å². The summed E-state index contributed by atoms with van der Waals surface area (Å²) >= 11 is 0. The van der Waals surface area contributed by atoms with E-state index >= 15 is 0 Å². The van der Waals surface area contributed by atoms with Gasteiger partial charge in [-0.2, -0.15) is 17.0 Å². The Morgan fingerprint density at radius 1 is 1.14 bits per heavy atom. The molecule has 0 amide bonds. The Morgan fingerprint density at radius 2 is 1.86 bits per heavy atom. The van der Waals surface area contributed by atoms with E-state index in [2.05, 4.69) is 6.07 Å². The molecule has 5 nitrogen and oxygen atoms in total. The van der Waals surface area contributed by atoms with Crippen molar-refractivity contribution in [3.63, 3.8) is 0 Å². The summed E-state index contributed by atoms with van der Waals surface area (Å²) in [6.07, 6.45) is 0.901. The summed E-state index contributed by atoms with van der Waals surface area (Å²) in [5.41, 5.74) is 2.31. The summed E-state index contributed by atoms with van der Waals surface area (Å²) < 4.78 is 28.5. The van der Waals surface area contributed by atoms with Crippen molar-refractivity contribution in [1.82, 2.24) is 8.61 Å². The van der Waals surface area contributed by atoms with Gasteiger partial charge in [-0.3, -0.25) is 0 Å². The predicted molar refractivity (Wildman–Crippen MR) is 80.8 cm³/mol. The number of fused-ring (bicyclic) bond motifs is 1. The van der Waals surface area contributed by atoms with Gasteiger partial charge in [-0.25, -0.2) is 0 Å². The van der Waals surface area contributed by atoms with Crippen LogP contribution in [0.5, 0.6) is 0 Å². The number of β-amino-alcohol motifs (C(OH)–C–C–N with tert-alkyl or cyclic N) is 1. The quantitative estimate of drug-likeness (QED) is 0.886. The lowest BCUT2D eigenvalue weighted by atomic mass is 9.98. The molecular formula is C15H22N2O3S. The van der Waals surface area contributed by atoms with Gasteiger partial charge in [0.05, 0.1) is 6.10 Å². The summed E-state index contributed by atoms with van der Waals surface area (Å²) in [4.78, 5) is 0. The normalized spacial score (nSPS) is 28.3. The van der Waals surface area contributed by atoms with Crippen molar-refractivity contribution in [3.05, 3.63) is 35.4 Å². The molecule has 3 rings (SSSR count). The number of hydrogen-bond acceptors (Lipinski definition) is 3. The molecule has 1 aromatic rings. The van der Waals surface area contributed by atoms with Gasteiger partial charge in [-0.05, 0) is 29.9 Å². The lowest BCUT2D eigenvalue weighted by Gasteiger charge is -2.38. The average Bonchev–Trinajstić information content (AvgIpc) is 2.49. The molecule has 2 unspecified atom stereocenters. The number of rotatable bonds is 2. The first kappa shape index (κ1) is 15.0. The maximum Gasteiger partial charge on any atom is 0.282 e. The number of hydrogen-bond donors (Lipinski definition) is 1. The highest BCUT2D eigenvalue weighted by Gasteiger charge is 2.36. The molecule has 1 aromatic carbocycles. The van der Waals surface area contributed by atoms with Crippen LogP contribution in [-0.2, 0) is 23.2 Å². The van der Waals surface area contributed by atoms with Crippen LogP contribution in [0.1, 0.15) is 24.5 Å². The monoisotopic (exact) mass is 310 g/mol. The number of piperidine rings is 1. The summed E-state index contributed by atoms with van der Waals surface area (Å²) in [6.45, 7) is 3.62. The molecule has 0 saturated carbocycles. The fraction of sp³-hybridized carbons (Fsp3) is 0.600. The van der Waals surface area contributed by atoms with Crippen LogP contribution in [0, 0.1) is 5.92 Å². The molecular weight excluding hydrogens is 288 g/mol. The van der Waals surface area contributed by atoms with Gasteiger partial charge >= 0.3 is 0 Å². The van der Waals surface area contributed by atoms with Crippen molar-refractivity contribution in [2.24, 2.45) is 5.92 Å². The molecule has 1 fully saturated rings. The highest BCUT2D eigenvalue weighted by Crippen LogP contribution is 2.26. The largest absolute Gasteiger partial charge is 0.391 e. The Balaban J connectivity index is 1.77. The molecule has 0 radical (unpaired) electrons. The Hall–Kier alpha value is -0.950. The predicted octanol–water partition coefficient (Wildman–Crippen LogP) is 0.992. The fourth-order valence-corrected chi connectivity index (χ4v) is 4.69. The Labute approximate surface area is 126 Å². The van der Waals surface area contributed by atoms with Crippen LogP contribution < -0.4 is 0 Å². The summed E-state index contributed by atoms with van der Waals surface area (Å²) in [5, 5.41) is 9.94. The highest BCUT2D eigenvalue weighted by atomic mass is 32.2. The third-order valence-corrected chi connectivity index (χ3v) is 6.58. The molecule has 0 aliphatic carbocycles. The van der Waals surface area contributed by atoms with Crippen molar-refractivity contribution in [2.45, 2.75) is 32.4 Å². The standard InChI is InChI=1S/C15H22N2O3S/c1-12-6-8-17(11-15(12)18)21(19,20)16-9-7-13-4-2-3-5-14(13)10-16/h2-5,12,15,18H,6-11H2,1H3. The van der Waals surface area contributed by atoms with E-state index in [-0.39, 0.29) is 12.5 Å². The van der Waals surface area contributed by atoms with Crippen LogP contribution in [0.2, 0.25) is 0 Å². The topological polar surface area (TPSA) is 60.9 Å². The first-order valence-electron chi connectivity index (χ1n) is 7.48. The van der Waals surface area contributed by atoms with Gasteiger partial charge in [0.15, 0.2) is 0 Å². The zero-order valence-corrected chi connectivity index (χ0v) is 13.1. The Bertz CT molecular complexity index is 617. The van der Waals surface area contributed by atoms with E-state index in [4.69, 9.17) is 0 Å². The van der Waals surface area contributed by atoms with E-state index in [1.165, 1.54) is 14.2 Å². The maximum absolute atomic E-state index is 12.7. The average molecular weight is 310 g/mol. The first-order valence-corrected chi connectivity index (χ1v) is 8.88.